The Balaban J connectivity index is 1.14. The molecule has 0 unspecified atom stereocenters. The summed E-state index contributed by atoms with van der Waals surface area (Å²) in [6, 6.07) is 98.6. The molecule has 0 radical (unpaired) electrons. The highest BCUT2D eigenvalue weighted by Crippen LogP contribution is 2.76. The van der Waals surface area contributed by atoms with Crippen LogP contribution in [-0.4, -0.2) is 0 Å². The smallest absolute Gasteiger partial charge is 0.270 e. The third-order valence-electron chi connectivity index (χ3n) is 14.0. The maximum atomic E-state index is 17.6. The molecular formula is C66H48N4O2P2. The topological polar surface area (TPSA) is 47.1 Å². The van der Waals surface area contributed by atoms with Crippen LogP contribution in [0.1, 0.15) is 0 Å². The van der Waals surface area contributed by atoms with E-state index in [-0.39, 0.29) is 0 Å². The van der Waals surface area contributed by atoms with Crippen LogP contribution in [0, 0.1) is 0 Å². The minimum absolute atomic E-state index is 0.668. The van der Waals surface area contributed by atoms with Crippen LogP contribution in [0.25, 0.3) is 44.5 Å². The lowest BCUT2D eigenvalue weighted by atomic mass is 10.0. The van der Waals surface area contributed by atoms with Gasteiger partial charge in [0.15, 0.2) is 0 Å². The number of hydrogen-bond donors (Lipinski definition) is 0. The molecule has 2 aliphatic heterocycles. The van der Waals surface area contributed by atoms with Crippen molar-refractivity contribution in [3.8, 4) is 44.5 Å². The highest BCUT2D eigenvalue weighted by Gasteiger charge is 2.54. The second-order valence-corrected chi connectivity index (χ2v) is 23.3. The van der Waals surface area contributed by atoms with E-state index < -0.39 is 14.9 Å². The standard InChI is InChI=1S/C66H48N4O2P2/c71-73(61-39-15-5-16-40-61)67(57-35-19-31-53(43-57)49-23-7-1-8-24-49)63-47-65-66(48-64(63)68(73)58-36-20-32-54(44-58)50-25-9-2-10-26-50)70(60-38-22-34-56(46-60)52-29-13-4-14-30-52)74(72,62-41-17-6-18-42-62)69(65)59-37-21-33-55(45-59)51-27-11-3-12-28-51/h1-48H. The molecule has 354 valence electrons. The highest BCUT2D eigenvalue weighted by molar-refractivity contribution is 7.76. The molecule has 0 saturated heterocycles. The van der Waals surface area contributed by atoms with E-state index in [1.165, 1.54) is 0 Å². The molecule has 11 aromatic carbocycles. The lowest BCUT2D eigenvalue weighted by molar-refractivity contribution is 0.582. The Hall–Kier alpha value is -8.92. The Labute approximate surface area is 432 Å². The minimum atomic E-state index is -3.93. The molecule has 0 saturated carbocycles. The summed E-state index contributed by atoms with van der Waals surface area (Å²) >= 11 is 0. The Bertz CT molecular complexity index is 3470. The largest absolute Gasteiger partial charge is 0.301 e. The van der Waals surface area contributed by atoms with Crippen LogP contribution in [0.2, 0.25) is 0 Å². The molecule has 0 aliphatic carbocycles. The first kappa shape index (κ1) is 45.0. The monoisotopic (exact) mass is 990 g/mol. The first-order valence-electron chi connectivity index (χ1n) is 24.8. The van der Waals surface area contributed by atoms with E-state index in [4.69, 9.17) is 0 Å². The molecule has 8 heteroatoms. The fraction of sp³-hybridized carbons (Fsp3) is 0. The van der Waals surface area contributed by atoms with Crippen molar-refractivity contribution < 1.29 is 9.13 Å². The van der Waals surface area contributed by atoms with Crippen molar-refractivity contribution in [2.45, 2.75) is 0 Å². The molecule has 11 aromatic rings. The van der Waals surface area contributed by atoms with E-state index in [1.54, 1.807) is 0 Å². The summed E-state index contributed by atoms with van der Waals surface area (Å²) in [4.78, 5) is 0. The van der Waals surface area contributed by atoms with Gasteiger partial charge in [0.2, 0.25) is 0 Å². The number of hydrogen-bond acceptors (Lipinski definition) is 2. The lowest BCUT2D eigenvalue weighted by Crippen LogP contribution is -2.27. The average Bonchev–Trinajstić information content (AvgIpc) is 3.93. The van der Waals surface area contributed by atoms with Gasteiger partial charge in [-0.2, -0.15) is 0 Å². The summed E-state index contributed by atoms with van der Waals surface area (Å²) in [5.74, 6) is 0. The van der Waals surface area contributed by atoms with Crippen LogP contribution in [0.4, 0.5) is 45.5 Å². The summed E-state index contributed by atoms with van der Waals surface area (Å²) in [6.07, 6.45) is 0. The van der Waals surface area contributed by atoms with Crippen LogP contribution in [0.5, 0.6) is 0 Å². The predicted molar refractivity (Wildman–Crippen MR) is 310 cm³/mol. The average molecular weight is 991 g/mol. The molecular weight excluding hydrogens is 943 g/mol. The Kier molecular flexibility index (Phi) is 11.3. The number of fused-ring (bicyclic) bond motifs is 2. The molecule has 0 amide bonds. The van der Waals surface area contributed by atoms with Crippen LogP contribution in [-0.2, 0) is 9.13 Å². The van der Waals surface area contributed by atoms with Crippen molar-refractivity contribution in [3.05, 3.63) is 291 Å². The maximum Gasteiger partial charge on any atom is 0.301 e. The Morgan fingerprint density at radius 2 is 0.405 bits per heavy atom. The number of anilines is 8. The van der Waals surface area contributed by atoms with Crippen molar-refractivity contribution >= 4 is 71.0 Å². The van der Waals surface area contributed by atoms with Crippen LogP contribution < -0.4 is 29.3 Å². The first-order valence-corrected chi connectivity index (χ1v) is 28.0. The van der Waals surface area contributed by atoms with Gasteiger partial charge in [0.1, 0.15) is 0 Å². The van der Waals surface area contributed by atoms with Crippen molar-refractivity contribution in [1.29, 1.82) is 0 Å². The van der Waals surface area contributed by atoms with Crippen LogP contribution >= 0.6 is 14.9 Å². The van der Waals surface area contributed by atoms with Gasteiger partial charge in [-0.25, -0.2) is 0 Å². The number of rotatable bonds is 10. The zero-order valence-corrected chi connectivity index (χ0v) is 42.0. The molecule has 0 atom stereocenters. The van der Waals surface area contributed by atoms with Gasteiger partial charge in [0.25, 0.3) is 0 Å². The summed E-state index contributed by atoms with van der Waals surface area (Å²) in [7, 11) is -7.85. The predicted octanol–water partition coefficient (Wildman–Crippen LogP) is 18.0. The second-order valence-electron chi connectivity index (χ2n) is 18.5. The van der Waals surface area contributed by atoms with Crippen LogP contribution in [0.15, 0.2) is 291 Å². The van der Waals surface area contributed by atoms with Gasteiger partial charge in [-0.05, 0) is 129 Å². The zero-order chi connectivity index (χ0) is 49.6. The molecule has 13 rings (SSSR count). The fourth-order valence-corrected chi connectivity index (χ4v) is 16.6. The van der Waals surface area contributed by atoms with Gasteiger partial charge in [0.05, 0.1) is 56.1 Å². The van der Waals surface area contributed by atoms with Gasteiger partial charge >= 0.3 is 14.9 Å². The molecule has 0 fully saturated rings. The van der Waals surface area contributed by atoms with Crippen LogP contribution in [0.3, 0.4) is 0 Å². The third kappa shape index (κ3) is 7.58. The quantitative estimate of drug-likeness (QED) is 0.127. The summed E-state index contributed by atoms with van der Waals surface area (Å²) in [6.45, 7) is 0. The lowest BCUT2D eigenvalue weighted by Gasteiger charge is -2.34. The normalized spacial score (nSPS) is 14.2. The molecule has 2 heterocycles. The van der Waals surface area contributed by atoms with Gasteiger partial charge in [-0.3, -0.25) is 27.8 Å². The van der Waals surface area contributed by atoms with Gasteiger partial charge in [-0.15, -0.1) is 0 Å². The van der Waals surface area contributed by atoms with E-state index in [0.717, 1.165) is 90.0 Å². The molecule has 0 spiro atoms. The molecule has 6 nitrogen and oxygen atoms in total. The van der Waals surface area contributed by atoms with Gasteiger partial charge < -0.3 is 0 Å². The SMILES string of the molecule is O=P1(c2ccccc2)N(c2cccc(-c3ccccc3)c2)c2cc3c(cc2N1c1cccc(-c2ccccc2)c1)N(c1cccc(-c2ccccc2)c1)P(=O)(c1ccccc1)N3c1cccc(-c2ccccc2)c1. The van der Waals surface area contributed by atoms with E-state index in [0.29, 0.717) is 10.6 Å². The second kappa shape index (κ2) is 18.6. The van der Waals surface area contributed by atoms with Gasteiger partial charge in [-0.1, -0.05) is 206 Å². The fourth-order valence-electron chi connectivity index (χ4n) is 10.7. The maximum absolute atomic E-state index is 17.6. The van der Waals surface area contributed by atoms with E-state index in [2.05, 4.69) is 152 Å². The molecule has 2 aliphatic rings. The van der Waals surface area contributed by atoms with Crippen molar-refractivity contribution in [1.82, 2.24) is 0 Å². The zero-order valence-electron chi connectivity index (χ0n) is 40.2. The molecule has 0 N–H and O–H groups in total. The molecule has 0 bridgehead atoms. The van der Waals surface area contributed by atoms with Crippen molar-refractivity contribution in [3.63, 3.8) is 0 Å². The van der Waals surface area contributed by atoms with E-state index >= 15 is 9.13 Å². The summed E-state index contributed by atoms with van der Waals surface area (Å²) in [5, 5.41) is 1.34. The first-order chi connectivity index (χ1) is 36.5. The minimum Gasteiger partial charge on any atom is -0.270 e. The Morgan fingerprint density at radius 1 is 0.203 bits per heavy atom. The molecule has 0 aromatic heterocycles. The van der Waals surface area contributed by atoms with E-state index in [1.807, 2.05) is 158 Å². The van der Waals surface area contributed by atoms with Crippen molar-refractivity contribution in [2.75, 3.05) is 18.7 Å². The number of nitrogens with zero attached hydrogens (tertiary/aromatic N) is 4. The highest BCUT2D eigenvalue weighted by atomic mass is 31.2. The third-order valence-corrected chi connectivity index (χ3v) is 19.9. The summed E-state index contributed by atoms with van der Waals surface area (Å²) in [5.41, 5.74) is 14.1. The Morgan fingerprint density at radius 3 is 0.635 bits per heavy atom. The van der Waals surface area contributed by atoms with E-state index in [9.17, 15) is 0 Å². The number of benzene rings is 11. The van der Waals surface area contributed by atoms with Crippen molar-refractivity contribution in [2.24, 2.45) is 0 Å². The van der Waals surface area contributed by atoms with Gasteiger partial charge in [0, 0.05) is 0 Å². The molecule has 74 heavy (non-hydrogen) atoms. The summed E-state index contributed by atoms with van der Waals surface area (Å²) < 4.78 is 43.4.